The lowest BCUT2D eigenvalue weighted by Crippen LogP contribution is -2.29. The molecule has 1 aromatic carbocycles. The zero-order valence-corrected chi connectivity index (χ0v) is 11.9. The number of nitrogens with one attached hydrogen (secondary N) is 1. The molecular formula is C15H26N2O. The van der Waals surface area contributed by atoms with Gasteiger partial charge in [0.25, 0.3) is 0 Å². The molecule has 3 heteroatoms. The Morgan fingerprint density at radius 2 is 2.00 bits per heavy atom. The first-order valence-corrected chi connectivity index (χ1v) is 6.79. The van der Waals surface area contributed by atoms with Gasteiger partial charge in [0.1, 0.15) is 5.75 Å². The van der Waals surface area contributed by atoms with Crippen LogP contribution < -0.4 is 16.0 Å². The van der Waals surface area contributed by atoms with Crippen LogP contribution in [-0.2, 0) is 0 Å². The van der Waals surface area contributed by atoms with Crippen LogP contribution in [0.25, 0.3) is 0 Å². The Hall–Kier alpha value is -1.06. The van der Waals surface area contributed by atoms with E-state index < -0.39 is 0 Å². The highest BCUT2D eigenvalue weighted by Gasteiger charge is 2.13. The van der Waals surface area contributed by atoms with Crippen molar-refractivity contribution in [1.29, 1.82) is 0 Å². The fourth-order valence-electron chi connectivity index (χ4n) is 1.95. The molecule has 1 rings (SSSR count). The Morgan fingerprint density at radius 1 is 1.28 bits per heavy atom. The predicted molar refractivity (Wildman–Crippen MR) is 76.3 cm³/mol. The Labute approximate surface area is 111 Å². The molecule has 0 fully saturated rings. The van der Waals surface area contributed by atoms with Crippen molar-refractivity contribution in [3.05, 3.63) is 29.8 Å². The molecule has 0 saturated heterocycles. The molecule has 0 heterocycles. The number of hydrogen-bond donors (Lipinski definition) is 2. The van der Waals surface area contributed by atoms with Gasteiger partial charge in [-0.3, -0.25) is 11.3 Å². The third-order valence-corrected chi connectivity index (χ3v) is 3.17. The molecular weight excluding hydrogens is 224 g/mol. The van der Waals surface area contributed by atoms with Crippen LogP contribution in [0.15, 0.2) is 24.3 Å². The number of hydrazine groups is 1. The van der Waals surface area contributed by atoms with Gasteiger partial charge >= 0.3 is 0 Å². The van der Waals surface area contributed by atoms with E-state index in [-0.39, 0.29) is 12.1 Å². The van der Waals surface area contributed by atoms with Crippen LogP contribution >= 0.6 is 0 Å². The zero-order valence-electron chi connectivity index (χ0n) is 11.9. The van der Waals surface area contributed by atoms with Gasteiger partial charge < -0.3 is 4.74 Å². The monoisotopic (exact) mass is 250 g/mol. The molecule has 1 aromatic rings. The normalized spacial score (nSPS) is 14.6. The van der Waals surface area contributed by atoms with Crippen LogP contribution in [0.3, 0.4) is 0 Å². The van der Waals surface area contributed by atoms with Crippen molar-refractivity contribution in [3.8, 4) is 5.75 Å². The second-order valence-corrected chi connectivity index (χ2v) is 5.21. The summed E-state index contributed by atoms with van der Waals surface area (Å²) >= 11 is 0. The zero-order chi connectivity index (χ0) is 13.5. The smallest absolute Gasteiger partial charge is 0.120 e. The summed E-state index contributed by atoms with van der Waals surface area (Å²) in [6.07, 6.45) is 2.40. The van der Waals surface area contributed by atoms with Crippen LogP contribution in [0.1, 0.15) is 52.1 Å². The largest absolute Gasteiger partial charge is 0.491 e. The Morgan fingerprint density at radius 3 is 2.56 bits per heavy atom. The van der Waals surface area contributed by atoms with Gasteiger partial charge in [0.2, 0.25) is 0 Å². The summed E-state index contributed by atoms with van der Waals surface area (Å²) in [5, 5.41) is 0. The fourth-order valence-corrected chi connectivity index (χ4v) is 1.95. The van der Waals surface area contributed by atoms with E-state index in [1.165, 1.54) is 12.0 Å². The third kappa shape index (κ3) is 4.67. The maximum atomic E-state index is 5.71. The molecule has 0 spiro atoms. The number of benzene rings is 1. The maximum absolute atomic E-state index is 5.71. The number of ether oxygens (including phenoxy) is 1. The lowest BCUT2D eigenvalue weighted by atomic mass is 9.94. The van der Waals surface area contributed by atoms with E-state index in [9.17, 15) is 0 Å². The second kappa shape index (κ2) is 7.39. The van der Waals surface area contributed by atoms with Crippen molar-refractivity contribution in [3.63, 3.8) is 0 Å². The van der Waals surface area contributed by atoms with E-state index in [2.05, 4.69) is 31.4 Å². The van der Waals surface area contributed by atoms with Gasteiger partial charge in [0, 0.05) is 6.04 Å². The lowest BCUT2D eigenvalue weighted by Gasteiger charge is -2.21. The van der Waals surface area contributed by atoms with Crippen LogP contribution in [0.4, 0.5) is 0 Å². The average molecular weight is 250 g/mol. The van der Waals surface area contributed by atoms with Crippen molar-refractivity contribution in [1.82, 2.24) is 5.43 Å². The summed E-state index contributed by atoms with van der Waals surface area (Å²) in [4.78, 5) is 0. The minimum atomic E-state index is 0.190. The third-order valence-electron chi connectivity index (χ3n) is 3.17. The van der Waals surface area contributed by atoms with Crippen molar-refractivity contribution in [2.45, 2.75) is 52.7 Å². The van der Waals surface area contributed by atoms with E-state index in [4.69, 9.17) is 10.6 Å². The van der Waals surface area contributed by atoms with Crippen molar-refractivity contribution >= 4 is 0 Å². The Kier molecular flexibility index (Phi) is 6.16. The highest BCUT2D eigenvalue weighted by atomic mass is 16.5. The maximum Gasteiger partial charge on any atom is 0.120 e. The summed E-state index contributed by atoms with van der Waals surface area (Å²) in [5.74, 6) is 7.23. The molecule has 3 N–H and O–H groups in total. The van der Waals surface area contributed by atoms with Crippen molar-refractivity contribution < 1.29 is 4.74 Å². The first kappa shape index (κ1) is 15.0. The van der Waals surface area contributed by atoms with Gasteiger partial charge in [0.15, 0.2) is 0 Å². The van der Waals surface area contributed by atoms with Gasteiger partial charge in [-0.05, 0) is 43.9 Å². The van der Waals surface area contributed by atoms with E-state index in [1.54, 1.807) is 0 Å². The minimum absolute atomic E-state index is 0.190. The average Bonchev–Trinajstić information content (AvgIpc) is 2.35. The molecule has 102 valence electrons. The van der Waals surface area contributed by atoms with Gasteiger partial charge in [-0.1, -0.05) is 32.4 Å². The molecule has 0 aromatic heterocycles. The van der Waals surface area contributed by atoms with Crippen molar-refractivity contribution in [2.24, 2.45) is 11.8 Å². The van der Waals surface area contributed by atoms with E-state index >= 15 is 0 Å². The van der Waals surface area contributed by atoms with Crippen LogP contribution in [-0.4, -0.2) is 6.10 Å². The van der Waals surface area contributed by atoms with Crippen LogP contribution in [0.5, 0.6) is 5.75 Å². The molecule has 18 heavy (non-hydrogen) atoms. The summed E-state index contributed by atoms with van der Waals surface area (Å²) in [5.41, 5.74) is 4.10. The van der Waals surface area contributed by atoms with Gasteiger partial charge in [-0.15, -0.1) is 0 Å². The highest BCUT2D eigenvalue weighted by molar-refractivity contribution is 5.30. The molecule has 3 nitrogen and oxygen atoms in total. The molecule has 2 unspecified atom stereocenters. The van der Waals surface area contributed by atoms with Crippen molar-refractivity contribution in [2.75, 3.05) is 0 Å². The predicted octanol–water partition coefficient (Wildman–Crippen LogP) is 3.41. The molecule has 0 bridgehead atoms. The quantitative estimate of drug-likeness (QED) is 0.576. The molecule has 0 radical (unpaired) electrons. The first-order chi connectivity index (χ1) is 8.56. The van der Waals surface area contributed by atoms with Gasteiger partial charge in [-0.2, -0.15) is 0 Å². The van der Waals surface area contributed by atoms with E-state index in [0.29, 0.717) is 5.92 Å². The number of hydrogen-bond acceptors (Lipinski definition) is 3. The summed E-state index contributed by atoms with van der Waals surface area (Å²) in [6, 6.07) is 8.37. The van der Waals surface area contributed by atoms with Crippen LogP contribution in [0.2, 0.25) is 0 Å². The topological polar surface area (TPSA) is 47.3 Å². The fraction of sp³-hybridized carbons (Fsp3) is 0.600. The molecule has 0 aliphatic rings. The molecule has 0 saturated carbocycles. The molecule has 0 aliphatic heterocycles. The lowest BCUT2D eigenvalue weighted by molar-refractivity contribution is 0.242. The standard InChI is InChI=1S/C15H26N2O/c1-5-12(4)9-15(17-16)13-7-6-8-14(10-13)18-11(2)3/h6-8,10-12,15,17H,5,9,16H2,1-4H3. The molecule has 2 atom stereocenters. The first-order valence-electron chi connectivity index (χ1n) is 6.79. The minimum Gasteiger partial charge on any atom is -0.491 e. The number of nitrogens with two attached hydrogens (primary N) is 1. The van der Waals surface area contributed by atoms with Gasteiger partial charge in [-0.25, -0.2) is 0 Å². The van der Waals surface area contributed by atoms with Gasteiger partial charge in [0.05, 0.1) is 6.10 Å². The van der Waals surface area contributed by atoms with E-state index in [0.717, 1.165) is 12.2 Å². The van der Waals surface area contributed by atoms with E-state index in [1.807, 2.05) is 26.0 Å². The Bertz CT molecular complexity index is 352. The summed E-state index contributed by atoms with van der Waals surface area (Å²) in [6.45, 7) is 8.52. The second-order valence-electron chi connectivity index (χ2n) is 5.21. The highest BCUT2D eigenvalue weighted by Crippen LogP contribution is 2.25. The SMILES string of the molecule is CCC(C)CC(NN)c1cccc(OC(C)C)c1. The summed E-state index contributed by atoms with van der Waals surface area (Å²) < 4.78 is 5.71. The summed E-state index contributed by atoms with van der Waals surface area (Å²) in [7, 11) is 0. The molecule has 0 amide bonds. The van der Waals surface area contributed by atoms with Crippen LogP contribution in [0, 0.1) is 5.92 Å². The molecule has 0 aliphatic carbocycles. The number of rotatable bonds is 7. The Balaban J connectivity index is 2.79.